The van der Waals surface area contributed by atoms with Crippen molar-refractivity contribution in [3.05, 3.63) is 23.8 Å². The first-order chi connectivity index (χ1) is 12.9. The molecule has 2 N–H and O–H groups in total. The van der Waals surface area contributed by atoms with Crippen LogP contribution >= 0.6 is 0 Å². The van der Waals surface area contributed by atoms with Crippen LogP contribution in [0.5, 0.6) is 0 Å². The Kier molecular flexibility index (Phi) is 9.55. The van der Waals surface area contributed by atoms with Crippen LogP contribution in [0.2, 0.25) is 0 Å². The number of aliphatic hydroxyl groups excluding tert-OH is 2. The van der Waals surface area contributed by atoms with Gasteiger partial charge in [0.15, 0.2) is 0 Å². The van der Waals surface area contributed by atoms with Gasteiger partial charge in [-0.25, -0.2) is 0 Å². The molecule has 3 nitrogen and oxygen atoms in total. The lowest BCUT2D eigenvalue weighted by Gasteiger charge is -2.20. The zero-order valence-electron chi connectivity index (χ0n) is 18.1. The highest BCUT2D eigenvalue weighted by atomic mass is 16.3. The van der Waals surface area contributed by atoms with E-state index in [4.69, 9.17) is 0 Å². The molecule has 1 fully saturated rings. The number of nitrogens with zero attached hydrogens (tertiary/aromatic N) is 1. The monoisotopic (exact) mass is 377 g/mol. The molecular formula is C24H43NO2. The van der Waals surface area contributed by atoms with Crippen molar-refractivity contribution < 1.29 is 10.2 Å². The first-order valence-corrected chi connectivity index (χ1v) is 11.3. The highest BCUT2D eigenvalue weighted by molar-refractivity contribution is 5.21. The highest BCUT2D eigenvalue weighted by Crippen LogP contribution is 2.48. The van der Waals surface area contributed by atoms with Gasteiger partial charge in [0.25, 0.3) is 0 Å². The van der Waals surface area contributed by atoms with Gasteiger partial charge in [0.1, 0.15) is 0 Å². The summed E-state index contributed by atoms with van der Waals surface area (Å²) in [5.41, 5.74) is 1.61. The standard InChI is InChI=1S/C24H43NO2/c1-5-6-10-18(2)23(26)13-12-21-22-16-19(15-20(22)17-24(21)27)11-8-7-9-14-25(3)4/h12-13,15,18,20-24,26-27H,5-11,14,16-17H2,1-4H3/b13-12+/t18-,20-,21+,22-,23-,24+/m0/s1. The van der Waals surface area contributed by atoms with E-state index >= 15 is 0 Å². The second-order valence-electron chi connectivity index (χ2n) is 9.35. The number of hydrogen-bond donors (Lipinski definition) is 2. The molecule has 0 radical (unpaired) electrons. The minimum atomic E-state index is -0.381. The maximum atomic E-state index is 10.5. The normalized spacial score (nSPS) is 30.1. The van der Waals surface area contributed by atoms with Crippen LogP contribution in [0.3, 0.4) is 0 Å². The third-order valence-electron chi connectivity index (χ3n) is 6.68. The minimum absolute atomic E-state index is 0.213. The molecule has 0 aromatic heterocycles. The predicted molar refractivity (Wildman–Crippen MR) is 115 cm³/mol. The summed E-state index contributed by atoms with van der Waals surface area (Å²) in [7, 11) is 4.28. The van der Waals surface area contributed by atoms with Crippen LogP contribution in [0.4, 0.5) is 0 Å². The van der Waals surface area contributed by atoms with Crippen molar-refractivity contribution in [2.75, 3.05) is 20.6 Å². The van der Waals surface area contributed by atoms with Gasteiger partial charge in [0, 0.05) is 5.92 Å². The lowest BCUT2D eigenvalue weighted by molar-refractivity contribution is 0.135. The molecule has 0 bridgehead atoms. The molecule has 0 amide bonds. The zero-order valence-corrected chi connectivity index (χ0v) is 18.1. The Balaban J connectivity index is 1.78. The summed E-state index contributed by atoms with van der Waals surface area (Å²) in [6.07, 6.45) is 16.5. The molecular weight excluding hydrogens is 334 g/mol. The number of unbranched alkanes of at least 4 members (excludes halogenated alkanes) is 3. The van der Waals surface area contributed by atoms with E-state index in [1.165, 1.54) is 45.1 Å². The molecule has 1 saturated carbocycles. The van der Waals surface area contributed by atoms with Gasteiger partial charge in [-0.15, -0.1) is 0 Å². The van der Waals surface area contributed by atoms with E-state index in [1.807, 2.05) is 6.08 Å². The summed E-state index contributed by atoms with van der Waals surface area (Å²) in [6.45, 7) is 5.50. The van der Waals surface area contributed by atoms with Crippen molar-refractivity contribution in [3.8, 4) is 0 Å². The molecule has 0 aliphatic heterocycles. The fraction of sp³-hybridized carbons (Fsp3) is 0.833. The van der Waals surface area contributed by atoms with Gasteiger partial charge in [-0.2, -0.15) is 0 Å². The quantitative estimate of drug-likeness (QED) is 0.379. The van der Waals surface area contributed by atoms with Crippen molar-refractivity contribution in [2.24, 2.45) is 23.7 Å². The Bertz CT molecular complexity index is 485. The summed E-state index contributed by atoms with van der Waals surface area (Å²) >= 11 is 0. The second-order valence-corrected chi connectivity index (χ2v) is 9.35. The van der Waals surface area contributed by atoms with Gasteiger partial charge in [-0.3, -0.25) is 0 Å². The summed E-state index contributed by atoms with van der Waals surface area (Å²) in [5.74, 6) is 1.60. The van der Waals surface area contributed by atoms with E-state index in [9.17, 15) is 10.2 Å². The van der Waals surface area contributed by atoms with Gasteiger partial charge in [-0.05, 0) is 76.9 Å². The van der Waals surface area contributed by atoms with E-state index in [0.29, 0.717) is 17.8 Å². The molecule has 0 aromatic rings. The Hall–Kier alpha value is -0.640. The van der Waals surface area contributed by atoms with Crippen LogP contribution in [-0.4, -0.2) is 48.0 Å². The Morgan fingerprint density at radius 1 is 1.22 bits per heavy atom. The molecule has 6 atom stereocenters. The number of aliphatic hydroxyl groups is 2. The molecule has 0 unspecified atom stereocenters. The van der Waals surface area contributed by atoms with Crippen molar-refractivity contribution in [1.29, 1.82) is 0 Å². The van der Waals surface area contributed by atoms with Crippen LogP contribution in [0.25, 0.3) is 0 Å². The second kappa shape index (κ2) is 11.4. The molecule has 2 rings (SSSR count). The van der Waals surface area contributed by atoms with Crippen molar-refractivity contribution in [1.82, 2.24) is 4.90 Å². The van der Waals surface area contributed by atoms with Crippen LogP contribution < -0.4 is 0 Å². The lowest BCUT2D eigenvalue weighted by atomic mass is 9.87. The van der Waals surface area contributed by atoms with Crippen molar-refractivity contribution >= 4 is 0 Å². The van der Waals surface area contributed by atoms with Crippen molar-refractivity contribution in [3.63, 3.8) is 0 Å². The molecule has 2 aliphatic rings. The predicted octanol–water partition coefficient (Wildman–Crippen LogP) is 4.80. The molecule has 27 heavy (non-hydrogen) atoms. The Morgan fingerprint density at radius 3 is 2.70 bits per heavy atom. The SMILES string of the molecule is CCCC[C@H](C)[C@@H](O)/C=C/[C@@H]1[C@H]2CC(CCCCCN(C)C)=C[C@H]2C[C@H]1O. The fourth-order valence-corrected chi connectivity index (χ4v) is 4.88. The number of rotatable bonds is 12. The largest absolute Gasteiger partial charge is 0.392 e. The van der Waals surface area contributed by atoms with Gasteiger partial charge >= 0.3 is 0 Å². The smallest absolute Gasteiger partial charge is 0.0746 e. The van der Waals surface area contributed by atoms with Crippen molar-refractivity contribution in [2.45, 2.75) is 83.8 Å². The fourth-order valence-electron chi connectivity index (χ4n) is 4.88. The molecule has 2 aliphatic carbocycles. The minimum Gasteiger partial charge on any atom is -0.392 e. The van der Waals surface area contributed by atoms with E-state index in [0.717, 1.165) is 19.3 Å². The van der Waals surface area contributed by atoms with Crippen LogP contribution in [0.15, 0.2) is 23.8 Å². The first kappa shape index (κ1) is 22.6. The van der Waals surface area contributed by atoms with Crippen LogP contribution in [-0.2, 0) is 0 Å². The topological polar surface area (TPSA) is 43.7 Å². The number of allylic oxidation sites excluding steroid dienone is 2. The van der Waals surface area contributed by atoms with E-state index in [2.05, 4.69) is 45.0 Å². The van der Waals surface area contributed by atoms with Gasteiger partial charge in [-0.1, -0.05) is 56.9 Å². The Morgan fingerprint density at radius 2 is 2.00 bits per heavy atom. The maximum absolute atomic E-state index is 10.5. The van der Waals surface area contributed by atoms with E-state index < -0.39 is 0 Å². The van der Waals surface area contributed by atoms with E-state index in [1.54, 1.807) is 5.57 Å². The summed E-state index contributed by atoms with van der Waals surface area (Å²) in [4.78, 5) is 2.26. The van der Waals surface area contributed by atoms with Gasteiger partial charge in [0.2, 0.25) is 0 Å². The lowest BCUT2D eigenvalue weighted by Crippen LogP contribution is -2.20. The molecule has 0 aromatic carbocycles. The molecule has 156 valence electrons. The molecule has 0 spiro atoms. The number of hydrogen-bond acceptors (Lipinski definition) is 3. The van der Waals surface area contributed by atoms with Gasteiger partial charge < -0.3 is 15.1 Å². The molecule has 3 heteroatoms. The average Bonchev–Trinajstić information content (AvgIpc) is 3.13. The summed E-state index contributed by atoms with van der Waals surface area (Å²) in [5, 5.41) is 20.9. The number of fused-ring (bicyclic) bond motifs is 1. The first-order valence-electron chi connectivity index (χ1n) is 11.3. The van der Waals surface area contributed by atoms with Gasteiger partial charge in [0.05, 0.1) is 12.2 Å². The van der Waals surface area contributed by atoms with Crippen LogP contribution in [0, 0.1) is 23.7 Å². The zero-order chi connectivity index (χ0) is 19.8. The highest BCUT2D eigenvalue weighted by Gasteiger charge is 2.43. The summed E-state index contributed by atoms with van der Waals surface area (Å²) in [6, 6.07) is 0. The summed E-state index contributed by atoms with van der Waals surface area (Å²) < 4.78 is 0. The average molecular weight is 378 g/mol. The van der Waals surface area contributed by atoms with E-state index in [-0.39, 0.29) is 18.1 Å². The molecule has 0 saturated heterocycles. The molecule has 0 heterocycles. The maximum Gasteiger partial charge on any atom is 0.0746 e. The third kappa shape index (κ3) is 7.03. The Labute approximate surface area is 167 Å². The van der Waals surface area contributed by atoms with Crippen LogP contribution in [0.1, 0.15) is 71.6 Å². The third-order valence-corrected chi connectivity index (χ3v) is 6.68.